The fourth-order valence-electron chi connectivity index (χ4n) is 2.73. The second-order valence-corrected chi connectivity index (χ2v) is 4.98. The van der Waals surface area contributed by atoms with Crippen LogP contribution in [0.3, 0.4) is 0 Å². The molecule has 7 nitrogen and oxygen atoms in total. The minimum atomic E-state index is 0.143. The molecular formula is C14H19N5O2. The van der Waals surface area contributed by atoms with Crippen molar-refractivity contribution >= 4 is 5.82 Å². The van der Waals surface area contributed by atoms with E-state index in [0.29, 0.717) is 12.5 Å². The predicted molar refractivity (Wildman–Crippen MR) is 77.3 cm³/mol. The van der Waals surface area contributed by atoms with E-state index < -0.39 is 0 Å². The fourth-order valence-corrected chi connectivity index (χ4v) is 2.73. The van der Waals surface area contributed by atoms with Crippen molar-refractivity contribution in [3.05, 3.63) is 30.1 Å². The van der Waals surface area contributed by atoms with Gasteiger partial charge in [0.15, 0.2) is 0 Å². The van der Waals surface area contributed by atoms with Gasteiger partial charge in [0.05, 0.1) is 31.6 Å². The van der Waals surface area contributed by atoms with Gasteiger partial charge in [-0.1, -0.05) is 0 Å². The Morgan fingerprint density at radius 3 is 2.86 bits per heavy atom. The molecule has 0 amide bonds. The van der Waals surface area contributed by atoms with E-state index in [1.807, 2.05) is 12.3 Å². The average molecular weight is 289 g/mol. The molecule has 21 heavy (non-hydrogen) atoms. The van der Waals surface area contributed by atoms with Gasteiger partial charge in [-0.25, -0.2) is 15.0 Å². The highest BCUT2D eigenvalue weighted by Gasteiger charge is 2.28. The number of aromatic nitrogens is 4. The van der Waals surface area contributed by atoms with Gasteiger partial charge in [-0.05, 0) is 6.92 Å². The van der Waals surface area contributed by atoms with E-state index in [0.717, 1.165) is 30.4 Å². The third-order valence-corrected chi connectivity index (χ3v) is 3.80. The molecule has 2 aromatic heterocycles. The van der Waals surface area contributed by atoms with E-state index >= 15 is 0 Å². The van der Waals surface area contributed by atoms with Gasteiger partial charge >= 0.3 is 0 Å². The summed E-state index contributed by atoms with van der Waals surface area (Å²) in [5, 5.41) is 0. The normalized spacial score (nSPS) is 17.7. The molecule has 0 saturated heterocycles. The molecule has 1 aliphatic heterocycles. The van der Waals surface area contributed by atoms with Gasteiger partial charge < -0.3 is 18.9 Å². The van der Waals surface area contributed by atoms with Gasteiger partial charge in [-0.2, -0.15) is 0 Å². The van der Waals surface area contributed by atoms with Crippen LogP contribution >= 0.6 is 0 Å². The van der Waals surface area contributed by atoms with Crippen LogP contribution in [0.25, 0.3) is 0 Å². The molecular weight excluding hydrogens is 270 g/mol. The van der Waals surface area contributed by atoms with E-state index in [4.69, 9.17) is 9.47 Å². The number of nitrogens with zero attached hydrogens (tertiary/aromatic N) is 5. The first kappa shape index (κ1) is 13.8. The monoisotopic (exact) mass is 289 g/mol. The molecule has 0 fully saturated rings. The lowest BCUT2D eigenvalue weighted by Gasteiger charge is -2.35. The Morgan fingerprint density at radius 2 is 2.10 bits per heavy atom. The molecule has 0 saturated carbocycles. The minimum absolute atomic E-state index is 0.143. The molecule has 0 N–H and O–H groups in total. The first-order valence-electron chi connectivity index (χ1n) is 6.90. The Hall–Kier alpha value is -2.15. The molecule has 1 atom stereocenters. The third kappa shape index (κ3) is 2.44. The Balaban J connectivity index is 1.89. The van der Waals surface area contributed by atoms with Crippen molar-refractivity contribution in [2.24, 2.45) is 0 Å². The number of ether oxygens (including phenoxy) is 2. The molecule has 1 unspecified atom stereocenters. The number of hydrogen-bond acceptors (Lipinski definition) is 6. The Labute approximate surface area is 123 Å². The second kappa shape index (κ2) is 5.69. The summed E-state index contributed by atoms with van der Waals surface area (Å²) in [5.74, 6) is 2.46. The van der Waals surface area contributed by atoms with Gasteiger partial charge in [0, 0.05) is 26.3 Å². The zero-order valence-corrected chi connectivity index (χ0v) is 12.5. The Kier molecular flexibility index (Phi) is 3.74. The van der Waals surface area contributed by atoms with Gasteiger partial charge in [-0.15, -0.1) is 0 Å². The molecule has 0 spiro atoms. The van der Waals surface area contributed by atoms with Gasteiger partial charge in [-0.3, -0.25) is 0 Å². The molecule has 1 aliphatic rings. The van der Waals surface area contributed by atoms with Crippen molar-refractivity contribution in [1.29, 1.82) is 0 Å². The summed E-state index contributed by atoms with van der Waals surface area (Å²) in [6.45, 7) is 4.44. The maximum atomic E-state index is 5.22. The summed E-state index contributed by atoms with van der Waals surface area (Å²) in [5.41, 5.74) is 1.11. The number of imidazole rings is 1. The molecule has 7 heteroatoms. The van der Waals surface area contributed by atoms with Crippen LogP contribution in [-0.4, -0.2) is 40.3 Å². The van der Waals surface area contributed by atoms with Crippen LogP contribution in [0.4, 0.5) is 5.82 Å². The number of anilines is 1. The smallest absolute Gasteiger partial charge is 0.218 e. The van der Waals surface area contributed by atoms with Gasteiger partial charge in [0.1, 0.15) is 18.0 Å². The SMILES string of the molecule is COCc1cnc2n1CCN(c1cc(OC)ncn1)C2C. The van der Waals surface area contributed by atoms with Crippen molar-refractivity contribution in [1.82, 2.24) is 19.5 Å². The number of methoxy groups -OCH3 is 2. The summed E-state index contributed by atoms with van der Waals surface area (Å²) in [4.78, 5) is 15.2. The molecule has 0 bridgehead atoms. The zero-order valence-electron chi connectivity index (χ0n) is 12.5. The lowest BCUT2D eigenvalue weighted by atomic mass is 10.2. The minimum Gasteiger partial charge on any atom is -0.481 e. The Morgan fingerprint density at radius 1 is 1.24 bits per heavy atom. The van der Waals surface area contributed by atoms with Crippen molar-refractivity contribution in [2.75, 3.05) is 25.7 Å². The van der Waals surface area contributed by atoms with E-state index in [1.165, 1.54) is 6.33 Å². The van der Waals surface area contributed by atoms with Crippen molar-refractivity contribution in [3.8, 4) is 5.88 Å². The van der Waals surface area contributed by atoms with Gasteiger partial charge in [0.2, 0.25) is 5.88 Å². The average Bonchev–Trinajstić information content (AvgIpc) is 2.92. The molecule has 3 heterocycles. The molecule has 3 rings (SSSR count). The van der Waals surface area contributed by atoms with Crippen LogP contribution in [0.2, 0.25) is 0 Å². The summed E-state index contributed by atoms with van der Waals surface area (Å²) in [6, 6.07) is 1.99. The quantitative estimate of drug-likeness (QED) is 0.848. The van der Waals surface area contributed by atoms with Crippen LogP contribution in [0.15, 0.2) is 18.6 Å². The summed E-state index contributed by atoms with van der Waals surface area (Å²) >= 11 is 0. The molecule has 112 valence electrons. The van der Waals surface area contributed by atoms with Gasteiger partial charge in [0.25, 0.3) is 0 Å². The van der Waals surface area contributed by atoms with Crippen LogP contribution in [0.5, 0.6) is 5.88 Å². The Bertz CT molecular complexity index is 628. The highest BCUT2D eigenvalue weighted by Crippen LogP contribution is 2.30. The first-order valence-corrected chi connectivity index (χ1v) is 6.90. The fraction of sp³-hybridized carbons (Fsp3) is 0.500. The number of fused-ring (bicyclic) bond motifs is 1. The van der Waals surface area contributed by atoms with Crippen molar-refractivity contribution in [3.63, 3.8) is 0 Å². The first-order chi connectivity index (χ1) is 10.2. The highest BCUT2D eigenvalue weighted by atomic mass is 16.5. The summed E-state index contributed by atoms with van der Waals surface area (Å²) in [6.07, 6.45) is 3.41. The highest BCUT2D eigenvalue weighted by molar-refractivity contribution is 5.43. The van der Waals surface area contributed by atoms with Crippen LogP contribution in [-0.2, 0) is 17.9 Å². The number of hydrogen-bond donors (Lipinski definition) is 0. The zero-order chi connectivity index (χ0) is 14.8. The lowest BCUT2D eigenvalue weighted by molar-refractivity contribution is 0.177. The van der Waals surface area contributed by atoms with Crippen LogP contribution < -0.4 is 9.64 Å². The van der Waals surface area contributed by atoms with E-state index in [-0.39, 0.29) is 6.04 Å². The van der Waals surface area contributed by atoms with E-state index in [1.54, 1.807) is 14.2 Å². The second-order valence-electron chi connectivity index (χ2n) is 4.98. The number of rotatable bonds is 4. The van der Waals surface area contributed by atoms with Crippen molar-refractivity contribution < 1.29 is 9.47 Å². The van der Waals surface area contributed by atoms with Crippen LogP contribution in [0, 0.1) is 0 Å². The predicted octanol–water partition coefficient (Wildman–Crippen LogP) is 1.41. The standard InChI is InChI=1S/C14H19N5O2/c1-10-14-15-7-11(8-20-2)19(14)5-4-18(10)12-6-13(21-3)17-9-16-12/h6-7,9-10H,4-5,8H2,1-3H3. The van der Waals surface area contributed by atoms with E-state index in [2.05, 4.69) is 31.3 Å². The molecule has 0 aromatic carbocycles. The molecule has 2 aromatic rings. The largest absolute Gasteiger partial charge is 0.481 e. The summed E-state index contributed by atoms with van der Waals surface area (Å²) in [7, 11) is 3.31. The maximum absolute atomic E-state index is 5.22. The third-order valence-electron chi connectivity index (χ3n) is 3.80. The van der Waals surface area contributed by atoms with Crippen LogP contribution in [0.1, 0.15) is 24.5 Å². The van der Waals surface area contributed by atoms with E-state index in [9.17, 15) is 0 Å². The lowest BCUT2D eigenvalue weighted by Crippen LogP contribution is -2.38. The molecule has 0 radical (unpaired) electrons. The molecule has 0 aliphatic carbocycles. The topological polar surface area (TPSA) is 65.3 Å². The van der Waals surface area contributed by atoms with Crippen molar-refractivity contribution in [2.45, 2.75) is 26.1 Å². The summed E-state index contributed by atoms with van der Waals surface area (Å²) < 4.78 is 12.6. The maximum Gasteiger partial charge on any atom is 0.218 e.